The SMILES string of the molecule is C[C@H](S[C@@H](C)c1nc(N)nc(Nc2ccccc2)n1)C(=O)N1CCCCCC1. The first-order valence-electron chi connectivity index (χ1n) is 9.80. The number of nitrogens with zero attached hydrogens (tertiary/aromatic N) is 4. The van der Waals surface area contributed by atoms with Crippen LogP contribution in [-0.2, 0) is 4.79 Å². The molecule has 1 saturated heterocycles. The zero-order valence-corrected chi connectivity index (χ0v) is 17.3. The Morgan fingerprint density at radius 2 is 1.75 bits per heavy atom. The number of para-hydroxylation sites is 1. The van der Waals surface area contributed by atoms with E-state index in [-0.39, 0.29) is 22.4 Å². The van der Waals surface area contributed by atoms with Gasteiger partial charge in [-0.05, 0) is 38.8 Å². The number of carbonyl (C=O) groups excluding carboxylic acids is 1. The van der Waals surface area contributed by atoms with Crippen LogP contribution in [0.15, 0.2) is 30.3 Å². The molecule has 0 radical (unpaired) electrons. The minimum absolute atomic E-state index is 0.0763. The van der Waals surface area contributed by atoms with E-state index in [1.54, 1.807) is 11.8 Å². The van der Waals surface area contributed by atoms with E-state index < -0.39 is 0 Å². The summed E-state index contributed by atoms with van der Waals surface area (Å²) < 4.78 is 0. The highest BCUT2D eigenvalue weighted by Gasteiger charge is 2.25. The van der Waals surface area contributed by atoms with Crippen LogP contribution in [0.2, 0.25) is 0 Å². The number of nitrogen functional groups attached to an aromatic ring is 1. The molecule has 0 spiro atoms. The van der Waals surface area contributed by atoms with E-state index in [9.17, 15) is 4.79 Å². The average Bonchev–Trinajstić information content (AvgIpc) is 2.97. The molecule has 1 aliphatic heterocycles. The lowest BCUT2D eigenvalue weighted by atomic mass is 10.2. The summed E-state index contributed by atoms with van der Waals surface area (Å²) in [7, 11) is 0. The third-order valence-corrected chi connectivity index (χ3v) is 5.97. The van der Waals surface area contributed by atoms with E-state index in [2.05, 4.69) is 20.3 Å². The summed E-state index contributed by atoms with van der Waals surface area (Å²) in [5.74, 6) is 1.35. The van der Waals surface area contributed by atoms with E-state index in [0.29, 0.717) is 11.8 Å². The molecule has 8 heteroatoms. The number of anilines is 3. The Hall–Kier alpha value is -2.35. The highest BCUT2D eigenvalue weighted by atomic mass is 32.2. The molecule has 0 bridgehead atoms. The van der Waals surface area contributed by atoms with E-state index >= 15 is 0 Å². The molecule has 0 unspecified atom stereocenters. The van der Waals surface area contributed by atoms with Crippen molar-refractivity contribution in [1.29, 1.82) is 0 Å². The number of nitrogens with two attached hydrogens (primary N) is 1. The number of aromatic nitrogens is 3. The third kappa shape index (κ3) is 5.58. The van der Waals surface area contributed by atoms with Gasteiger partial charge in [-0.3, -0.25) is 4.79 Å². The molecule has 150 valence electrons. The maximum Gasteiger partial charge on any atom is 0.235 e. The summed E-state index contributed by atoms with van der Waals surface area (Å²) in [4.78, 5) is 27.8. The van der Waals surface area contributed by atoms with Crippen LogP contribution >= 0.6 is 11.8 Å². The van der Waals surface area contributed by atoms with Crippen molar-refractivity contribution < 1.29 is 4.79 Å². The van der Waals surface area contributed by atoms with Gasteiger partial charge in [0.25, 0.3) is 0 Å². The molecule has 2 heterocycles. The summed E-state index contributed by atoms with van der Waals surface area (Å²) in [6.45, 7) is 5.68. The van der Waals surface area contributed by atoms with Crippen LogP contribution in [0.1, 0.15) is 50.6 Å². The van der Waals surface area contributed by atoms with Crippen molar-refractivity contribution in [3.8, 4) is 0 Å². The van der Waals surface area contributed by atoms with Crippen molar-refractivity contribution in [2.45, 2.75) is 50.0 Å². The van der Waals surface area contributed by atoms with E-state index in [1.165, 1.54) is 12.8 Å². The van der Waals surface area contributed by atoms with Crippen LogP contribution in [0.4, 0.5) is 17.6 Å². The maximum absolute atomic E-state index is 12.8. The fraction of sp³-hybridized carbons (Fsp3) is 0.500. The van der Waals surface area contributed by atoms with Gasteiger partial charge in [-0.2, -0.15) is 15.0 Å². The van der Waals surface area contributed by atoms with Crippen LogP contribution in [0, 0.1) is 0 Å². The Morgan fingerprint density at radius 1 is 1.07 bits per heavy atom. The Morgan fingerprint density at radius 3 is 2.43 bits per heavy atom. The second kappa shape index (κ2) is 9.73. The predicted molar refractivity (Wildman–Crippen MR) is 114 cm³/mol. The van der Waals surface area contributed by atoms with Gasteiger partial charge in [0.15, 0.2) is 0 Å². The summed E-state index contributed by atoms with van der Waals surface area (Å²) >= 11 is 1.56. The molecule has 28 heavy (non-hydrogen) atoms. The van der Waals surface area contributed by atoms with Crippen LogP contribution < -0.4 is 11.1 Å². The largest absolute Gasteiger partial charge is 0.368 e. The van der Waals surface area contributed by atoms with Crippen LogP contribution in [-0.4, -0.2) is 44.1 Å². The molecule has 1 amide bonds. The second-order valence-corrected chi connectivity index (χ2v) is 8.71. The molecule has 0 aliphatic carbocycles. The van der Waals surface area contributed by atoms with Crippen LogP contribution in [0.3, 0.4) is 0 Å². The number of hydrogen-bond acceptors (Lipinski definition) is 7. The fourth-order valence-electron chi connectivity index (χ4n) is 3.27. The Kier molecular flexibility index (Phi) is 7.08. The summed E-state index contributed by atoms with van der Waals surface area (Å²) in [6, 6.07) is 9.67. The van der Waals surface area contributed by atoms with Crippen molar-refractivity contribution >= 4 is 35.3 Å². The fourth-order valence-corrected chi connectivity index (χ4v) is 4.38. The summed E-state index contributed by atoms with van der Waals surface area (Å²) in [6.07, 6.45) is 4.61. The Bertz CT molecular complexity index is 780. The monoisotopic (exact) mass is 400 g/mol. The molecule has 1 fully saturated rings. The number of amides is 1. The normalized spacial score (nSPS) is 16.9. The van der Waals surface area contributed by atoms with Gasteiger partial charge in [0.05, 0.1) is 10.5 Å². The summed E-state index contributed by atoms with van der Waals surface area (Å²) in [5, 5.41) is 2.92. The molecule has 1 aliphatic rings. The molecule has 2 aromatic rings. The van der Waals surface area contributed by atoms with E-state index in [0.717, 1.165) is 31.6 Å². The molecule has 7 nitrogen and oxygen atoms in total. The van der Waals surface area contributed by atoms with Gasteiger partial charge in [0, 0.05) is 18.8 Å². The minimum atomic E-state index is -0.156. The van der Waals surface area contributed by atoms with E-state index in [4.69, 9.17) is 5.73 Å². The highest BCUT2D eigenvalue weighted by Crippen LogP contribution is 2.31. The zero-order valence-electron chi connectivity index (χ0n) is 16.5. The maximum atomic E-state index is 12.8. The Labute approximate surface area is 170 Å². The summed E-state index contributed by atoms with van der Waals surface area (Å²) in [5.41, 5.74) is 6.77. The quantitative estimate of drug-likeness (QED) is 0.761. The molecule has 3 rings (SSSR count). The van der Waals surface area contributed by atoms with Gasteiger partial charge in [0.2, 0.25) is 17.8 Å². The lowest BCUT2D eigenvalue weighted by molar-refractivity contribution is -0.130. The number of nitrogens with one attached hydrogen (secondary N) is 1. The van der Waals surface area contributed by atoms with Gasteiger partial charge < -0.3 is 16.0 Å². The van der Waals surface area contributed by atoms with Gasteiger partial charge in [-0.15, -0.1) is 11.8 Å². The molecule has 0 saturated carbocycles. The van der Waals surface area contributed by atoms with Gasteiger partial charge in [-0.25, -0.2) is 0 Å². The Balaban J connectivity index is 1.66. The second-order valence-electron chi connectivity index (χ2n) is 7.03. The lowest BCUT2D eigenvalue weighted by Crippen LogP contribution is -2.37. The minimum Gasteiger partial charge on any atom is -0.368 e. The van der Waals surface area contributed by atoms with Gasteiger partial charge >= 0.3 is 0 Å². The molecule has 3 N–H and O–H groups in total. The van der Waals surface area contributed by atoms with Gasteiger partial charge in [0.1, 0.15) is 5.82 Å². The predicted octanol–water partition coefficient (Wildman–Crippen LogP) is 3.78. The number of hydrogen-bond donors (Lipinski definition) is 2. The third-order valence-electron chi connectivity index (χ3n) is 4.74. The number of likely N-dealkylation sites (tertiary alicyclic amines) is 1. The number of rotatable bonds is 6. The first kappa shape index (κ1) is 20.4. The standard InChI is InChI=1S/C20H28N6OS/c1-14(28-15(2)18(27)26-12-8-3-4-9-13-26)17-23-19(21)25-20(24-17)22-16-10-6-5-7-11-16/h5-7,10-11,14-15H,3-4,8-9,12-13H2,1-2H3,(H3,21,22,23,24,25)/t14-,15-/m0/s1. The number of benzene rings is 1. The van der Waals surface area contributed by atoms with Crippen LogP contribution in [0.25, 0.3) is 0 Å². The van der Waals surface area contributed by atoms with Crippen molar-refractivity contribution in [3.05, 3.63) is 36.2 Å². The lowest BCUT2D eigenvalue weighted by Gasteiger charge is -2.25. The van der Waals surface area contributed by atoms with E-state index in [1.807, 2.05) is 49.1 Å². The molecular formula is C20H28N6OS. The average molecular weight is 401 g/mol. The molecule has 1 aromatic heterocycles. The van der Waals surface area contributed by atoms with Crippen LogP contribution in [0.5, 0.6) is 0 Å². The van der Waals surface area contributed by atoms with Crippen molar-refractivity contribution in [3.63, 3.8) is 0 Å². The number of carbonyl (C=O) groups is 1. The highest BCUT2D eigenvalue weighted by molar-refractivity contribution is 8.00. The number of thioether (sulfide) groups is 1. The molecular weight excluding hydrogens is 372 g/mol. The smallest absolute Gasteiger partial charge is 0.235 e. The van der Waals surface area contributed by atoms with Crippen molar-refractivity contribution in [2.75, 3.05) is 24.1 Å². The molecule has 2 atom stereocenters. The van der Waals surface area contributed by atoms with Crippen molar-refractivity contribution in [2.24, 2.45) is 0 Å². The first-order valence-corrected chi connectivity index (χ1v) is 10.7. The first-order chi connectivity index (χ1) is 13.5. The zero-order chi connectivity index (χ0) is 19.9. The topological polar surface area (TPSA) is 97.0 Å². The molecule has 1 aromatic carbocycles. The van der Waals surface area contributed by atoms with Gasteiger partial charge in [-0.1, -0.05) is 31.0 Å². The van der Waals surface area contributed by atoms with Crippen molar-refractivity contribution in [1.82, 2.24) is 19.9 Å².